The first-order valence-electron chi connectivity index (χ1n) is 9.75. The fraction of sp³-hybridized carbons (Fsp3) is 0.364. The van der Waals surface area contributed by atoms with Gasteiger partial charge in [-0.3, -0.25) is 9.59 Å². The van der Waals surface area contributed by atoms with E-state index in [-0.39, 0.29) is 11.3 Å². The topological polar surface area (TPSA) is 76.1 Å². The molecular weight excluding hydrogens is 390 g/mol. The van der Waals surface area contributed by atoms with Crippen molar-refractivity contribution in [1.82, 2.24) is 4.90 Å². The molecule has 6 nitrogen and oxygen atoms in total. The number of rotatable bonds is 8. The first-order chi connectivity index (χ1) is 14.0. The molecule has 3 rings (SSSR count). The second kappa shape index (κ2) is 9.13. The van der Waals surface area contributed by atoms with Crippen molar-refractivity contribution < 1.29 is 24.2 Å². The van der Waals surface area contributed by atoms with Gasteiger partial charge in [-0.1, -0.05) is 13.0 Å². The molecule has 1 atom stereocenters. The lowest BCUT2D eigenvalue weighted by molar-refractivity contribution is -0.139. The monoisotopic (exact) mass is 415 g/mol. The molecule has 1 aliphatic heterocycles. The SMILES string of the molecule is CCCN1C(=O)C(=O)/C(=C(\O)c2ccc(OCC)cc2OCC)C1c1cccs1. The zero-order valence-corrected chi connectivity index (χ0v) is 17.6. The van der Waals surface area contributed by atoms with Crippen LogP contribution in [0.3, 0.4) is 0 Å². The van der Waals surface area contributed by atoms with Gasteiger partial charge in [-0.05, 0) is 43.8 Å². The van der Waals surface area contributed by atoms with Crippen molar-refractivity contribution in [1.29, 1.82) is 0 Å². The molecule has 1 aliphatic rings. The summed E-state index contributed by atoms with van der Waals surface area (Å²) in [7, 11) is 0. The summed E-state index contributed by atoms with van der Waals surface area (Å²) in [4.78, 5) is 27.9. The number of aliphatic hydroxyl groups is 1. The van der Waals surface area contributed by atoms with Gasteiger partial charge >= 0.3 is 0 Å². The van der Waals surface area contributed by atoms with Crippen LogP contribution < -0.4 is 9.47 Å². The molecule has 0 radical (unpaired) electrons. The standard InChI is InChI=1S/C22H25NO5S/c1-4-11-23-19(17-8-7-12-29-17)18(21(25)22(23)26)20(24)15-10-9-14(27-5-2)13-16(15)28-6-3/h7-10,12-13,19,24H,4-6,11H2,1-3H3/b20-18-. The summed E-state index contributed by atoms with van der Waals surface area (Å²) >= 11 is 1.45. The predicted octanol–water partition coefficient (Wildman–Crippen LogP) is 4.38. The zero-order chi connectivity index (χ0) is 21.0. The highest BCUT2D eigenvalue weighted by Crippen LogP contribution is 2.42. The molecule has 7 heteroatoms. The van der Waals surface area contributed by atoms with Gasteiger partial charge in [0.2, 0.25) is 0 Å². The van der Waals surface area contributed by atoms with E-state index in [1.54, 1.807) is 18.2 Å². The molecule has 0 spiro atoms. The summed E-state index contributed by atoms with van der Waals surface area (Å²) in [6, 6.07) is 8.20. The zero-order valence-electron chi connectivity index (χ0n) is 16.8. The van der Waals surface area contributed by atoms with Gasteiger partial charge in [-0.25, -0.2) is 0 Å². The molecule has 0 aliphatic carbocycles. The third-order valence-corrected chi connectivity index (χ3v) is 5.56. The Bertz CT molecular complexity index is 919. The molecular formula is C22H25NO5S. The van der Waals surface area contributed by atoms with E-state index >= 15 is 0 Å². The second-order valence-corrected chi connectivity index (χ2v) is 7.51. The summed E-state index contributed by atoms with van der Waals surface area (Å²) in [5, 5.41) is 13.0. The predicted molar refractivity (Wildman–Crippen MR) is 112 cm³/mol. The largest absolute Gasteiger partial charge is 0.507 e. The van der Waals surface area contributed by atoms with E-state index in [9.17, 15) is 14.7 Å². The van der Waals surface area contributed by atoms with Crippen LogP contribution in [0, 0.1) is 0 Å². The Labute approximate surface area is 174 Å². The smallest absolute Gasteiger partial charge is 0.295 e. The molecule has 154 valence electrons. The van der Waals surface area contributed by atoms with Crippen molar-refractivity contribution in [3.63, 3.8) is 0 Å². The van der Waals surface area contributed by atoms with Crippen LogP contribution in [-0.4, -0.2) is 41.5 Å². The average Bonchev–Trinajstić information content (AvgIpc) is 3.31. The molecule has 2 heterocycles. The van der Waals surface area contributed by atoms with Gasteiger partial charge in [0.05, 0.1) is 30.4 Å². The van der Waals surface area contributed by atoms with Crippen LogP contribution >= 0.6 is 11.3 Å². The number of hydrogen-bond acceptors (Lipinski definition) is 6. The normalized spacial score (nSPS) is 18.3. The Kier molecular flexibility index (Phi) is 6.59. The number of Topliss-reactive ketones (excluding diaryl/α,β-unsaturated/α-hetero) is 1. The van der Waals surface area contributed by atoms with Crippen LogP contribution in [0.5, 0.6) is 11.5 Å². The first-order valence-corrected chi connectivity index (χ1v) is 10.6. The van der Waals surface area contributed by atoms with Crippen LogP contribution in [0.25, 0.3) is 5.76 Å². The number of thiophene rings is 1. The van der Waals surface area contributed by atoms with Crippen molar-refractivity contribution in [3.05, 3.63) is 51.7 Å². The van der Waals surface area contributed by atoms with E-state index in [1.165, 1.54) is 16.2 Å². The fourth-order valence-corrected chi connectivity index (χ4v) is 4.31. The minimum absolute atomic E-state index is 0.0935. The van der Waals surface area contributed by atoms with Gasteiger partial charge in [0.15, 0.2) is 0 Å². The van der Waals surface area contributed by atoms with Crippen molar-refractivity contribution in [3.8, 4) is 11.5 Å². The van der Waals surface area contributed by atoms with E-state index in [4.69, 9.17) is 9.47 Å². The molecule has 0 saturated carbocycles. The average molecular weight is 416 g/mol. The molecule has 1 fully saturated rings. The summed E-state index contributed by atoms with van der Waals surface area (Å²) in [6.07, 6.45) is 0.711. The summed E-state index contributed by atoms with van der Waals surface area (Å²) in [6.45, 7) is 6.98. The van der Waals surface area contributed by atoms with E-state index < -0.39 is 17.7 Å². The van der Waals surface area contributed by atoms with Crippen LogP contribution in [-0.2, 0) is 9.59 Å². The number of benzene rings is 1. The van der Waals surface area contributed by atoms with E-state index in [0.29, 0.717) is 43.2 Å². The highest BCUT2D eigenvalue weighted by molar-refractivity contribution is 7.10. The number of aliphatic hydroxyl groups excluding tert-OH is 1. The lowest BCUT2D eigenvalue weighted by Gasteiger charge is -2.23. The highest BCUT2D eigenvalue weighted by atomic mass is 32.1. The highest BCUT2D eigenvalue weighted by Gasteiger charge is 2.46. The minimum Gasteiger partial charge on any atom is -0.507 e. The third-order valence-electron chi connectivity index (χ3n) is 4.64. The summed E-state index contributed by atoms with van der Waals surface area (Å²) in [5.41, 5.74) is 0.461. The summed E-state index contributed by atoms with van der Waals surface area (Å²) in [5.74, 6) is -0.482. The maximum Gasteiger partial charge on any atom is 0.295 e. The lowest BCUT2D eigenvalue weighted by Crippen LogP contribution is -2.30. The number of amides is 1. The molecule has 29 heavy (non-hydrogen) atoms. The molecule has 1 unspecified atom stereocenters. The maximum atomic E-state index is 12.9. The maximum absolute atomic E-state index is 12.9. The molecule has 1 aromatic carbocycles. The minimum atomic E-state index is -0.675. The molecule has 0 bridgehead atoms. The molecule has 2 aromatic rings. The Morgan fingerprint density at radius 2 is 1.90 bits per heavy atom. The quantitative estimate of drug-likeness (QED) is 0.393. The van der Waals surface area contributed by atoms with E-state index in [2.05, 4.69) is 0 Å². The molecule has 1 aromatic heterocycles. The van der Waals surface area contributed by atoms with Gasteiger partial charge < -0.3 is 19.5 Å². The third kappa shape index (κ3) is 4.00. The number of carbonyl (C=O) groups is 2. The van der Waals surface area contributed by atoms with Crippen LogP contribution in [0.2, 0.25) is 0 Å². The van der Waals surface area contributed by atoms with Gasteiger partial charge in [0.1, 0.15) is 17.3 Å². The van der Waals surface area contributed by atoms with Crippen molar-refractivity contribution in [2.75, 3.05) is 19.8 Å². The van der Waals surface area contributed by atoms with Crippen LogP contribution in [0.1, 0.15) is 43.7 Å². The van der Waals surface area contributed by atoms with Gasteiger partial charge in [0, 0.05) is 17.5 Å². The lowest BCUT2D eigenvalue weighted by atomic mass is 9.99. The number of likely N-dealkylation sites (tertiary alicyclic amines) is 1. The van der Waals surface area contributed by atoms with Crippen LogP contribution in [0.4, 0.5) is 0 Å². The Morgan fingerprint density at radius 3 is 2.52 bits per heavy atom. The number of ketones is 1. The molecule has 1 saturated heterocycles. The molecule has 1 amide bonds. The van der Waals surface area contributed by atoms with Crippen molar-refractivity contribution >= 4 is 28.8 Å². The molecule has 1 N–H and O–H groups in total. The number of hydrogen-bond donors (Lipinski definition) is 1. The number of ether oxygens (including phenoxy) is 2. The van der Waals surface area contributed by atoms with E-state index in [0.717, 1.165) is 4.88 Å². The Morgan fingerprint density at radius 1 is 1.14 bits per heavy atom. The Hall–Kier alpha value is -2.80. The van der Waals surface area contributed by atoms with Gasteiger partial charge in [-0.2, -0.15) is 0 Å². The second-order valence-electron chi connectivity index (χ2n) is 6.53. The summed E-state index contributed by atoms with van der Waals surface area (Å²) < 4.78 is 11.2. The van der Waals surface area contributed by atoms with E-state index in [1.807, 2.05) is 38.3 Å². The van der Waals surface area contributed by atoms with Gasteiger partial charge in [0.25, 0.3) is 11.7 Å². The number of carbonyl (C=O) groups excluding carboxylic acids is 2. The van der Waals surface area contributed by atoms with Crippen LogP contribution in [0.15, 0.2) is 41.3 Å². The first kappa shape index (κ1) is 20.9. The Balaban J connectivity index is 2.16. The van der Waals surface area contributed by atoms with Crippen molar-refractivity contribution in [2.24, 2.45) is 0 Å². The number of nitrogens with zero attached hydrogens (tertiary/aromatic N) is 1. The fourth-order valence-electron chi connectivity index (χ4n) is 3.47. The van der Waals surface area contributed by atoms with Crippen molar-refractivity contribution in [2.45, 2.75) is 33.2 Å². The van der Waals surface area contributed by atoms with Gasteiger partial charge in [-0.15, -0.1) is 11.3 Å².